The van der Waals surface area contributed by atoms with Gasteiger partial charge in [-0.3, -0.25) is 9.78 Å². The maximum absolute atomic E-state index is 12.4. The third kappa shape index (κ3) is 3.90. The van der Waals surface area contributed by atoms with Gasteiger partial charge in [-0.15, -0.1) is 10.2 Å². The number of thioether (sulfide) groups is 1. The van der Waals surface area contributed by atoms with E-state index in [1.54, 1.807) is 36.7 Å². The van der Waals surface area contributed by atoms with Gasteiger partial charge in [-0.1, -0.05) is 11.8 Å². The monoisotopic (exact) mass is 364 g/mol. The molecule has 1 amide bonds. The minimum Gasteiger partial charge on any atom is -0.325 e. The maximum Gasteiger partial charge on any atom is 0.237 e. The fraction of sp³-hybridized carbons (Fsp3) is 0.167. The molecule has 0 spiro atoms. The Morgan fingerprint density at radius 3 is 2.54 bits per heavy atom. The van der Waals surface area contributed by atoms with Gasteiger partial charge in [0, 0.05) is 30.7 Å². The van der Waals surface area contributed by atoms with E-state index in [1.165, 1.54) is 11.8 Å². The molecule has 3 aromatic rings. The van der Waals surface area contributed by atoms with Crippen molar-refractivity contribution in [2.75, 3.05) is 5.32 Å². The standard InChI is InChI=1S/C18H16N6OS/c1-12(17(25)21-15-5-3-13(11-19)4-6-15)26-18-23-22-16(24(18)2)14-7-9-20-10-8-14/h3-10,12H,1-2H3,(H,21,25)/t12-/m1/s1. The largest absolute Gasteiger partial charge is 0.325 e. The smallest absolute Gasteiger partial charge is 0.237 e. The molecule has 7 nitrogen and oxygen atoms in total. The number of benzene rings is 1. The van der Waals surface area contributed by atoms with Gasteiger partial charge in [0.05, 0.1) is 16.9 Å². The molecule has 130 valence electrons. The van der Waals surface area contributed by atoms with Crippen LogP contribution in [-0.2, 0) is 11.8 Å². The van der Waals surface area contributed by atoms with Crippen molar-refractivity contribution in [2.24, 2.45) is 7.05 Å². The maximum atomic E-state index is 12.4. The normalized spacial score (nSPS) is 11.6. The Labute approximate surface area is 155 Å². The highest BCUT2D eigenvalue weighted by Crippen LogP contribution is 2.26. The predicted molar refractivity (Wildman–Crippen MR) is 99.3 cm³/mol. The van der Waals surface area contributed by atoms with Gasteiger partial charge in [-0.2, -0.15) is 5.26 Å². The van der Waals surface area contributed by atoms with E-state index in [0.29, 0.717) is 16.4 Å². The van der Waals surface area contributed by atoms with Crippen LogP contribution < -0.4 is 5.32 Å². The Morgan fingerprint density at radius 2 is 1.88 bits per heavy atom. The molecule has 1 N–H and O–H groups in total. The highest BCUT2D eigenvalue weighted by atomic mass is 32.2. The Morgan fingerprint density at radius 1 is 1.19 bits per heavy atom. The molecule has 0 aliphatic carbocycles. The summed E-state index contributed by atoms with van der Waals surface area (Å²) >= 11 is 1.33. The van der Waals surface area contributed by atoms with E-state index in [-0.39, 0.29) is 11.2 Å². The number of carbonyl (C=O) groups excluding carboxylic acids is 1. The lowest BCUT2D eigenvalue weighted by molar-refractivity contribution is -0.115. The number of rotatable bonds is 5. The Bertz CT molecular complexity index is 946. The van der Waals surface area contributed by atoms with Crippen molar-refractivity contribution in [1.82, 2.24) is 19.7 Å². The lowest BCUT2D eigenvalue weighted by Gasteiger charge is -2.11. The molecule has 0 aliphatic rings. The van der Waals surface area contributed by atoms with Crippen LogP contribution in [0.3, 0.4) is 0 Å². The second-order valence-corrected chi connectivity index (χ2v) is 6.85. The van der Waals surface area contributed by atoms with Crippen molar-refractivity contribution in [3.8, 4) is 17.5 Å². The van der Waals surface area contributed by atoms with Crippen molar-refractivity contribution in [1.29, 1.82) is 5.26 Å². The van der Waals surface area contributed by atoms with Crippen LogP contribution in [0.4, 0.5) is 5.69 Å². The Balaban J connectivity index is 1.67. The van der Waals surface area contributed by atoms with E-state index in [0.717, 1.165) is 11.4 Å². The molecular weight excluding hydrogens is 348 g/mol. The summed E-state index contributed by atoms with van der Waals surface area (Å²) in [4.78, 5) is 16.4. The first-order valence-corrected chi connectivity index (χ1v) is 8.74. The fourth-order valence-corrected chi connectivity index (χ4v) is 3.07. The highest BCUT2D eigenvalue weighted by molar-refractivity contribution is 8.00. The zero-order chi connectivity index (χ0) is 18.5. The number of hydrogen-bond acceptors (Lipinski definition) is 6. The zero-order valence-electron chi connectivity index (χ0n) is 14.2. The summed E-state index contributed by atoms with van der Waals surface area (Å²) in [5.41, 5.74) is 2.11. The topological polar surface area (TPSA) is 96.5 Å². The Hall–Kier alpha value is -3.18. The minimum absolute atomic E-state index is 0.145. The second-order valence-electron chi connectivity index (χ2n) is 5.54. The van der Waals surface area contributed by atoms with Crippen molar-refractivity contribution >= 4 is 23.4 Å². The average Bonchev–Trinajstić information content (AvgIpc) is 3.03. The first-order chi connectivity index (χ1) is 12.6. The molecule has 0 bridgehead atoms. The molecule has 1 atom stereocenters. The zero-order valence-corrected chi connectivity index (χ0v) is 15.1. The van der Waals surface area contributed by atoms with Crippen LogP contribution >= 0.6 is 11.8 Å². The van der Waals surface area contributed by atoms with Gasteiger partial charge in [0.1, 0.15) is 0 Å². The van der Waals surface area contributed by atoms with E-state index in [9.17, 15) is 4.79 Å². The fourth-order valence-electron chi connectivity index (χ4n) is 2.25. The number of anilines is 1. The first-order valence-electron chi connectivity index (χ1n) is 7.86. The summed E-state index contributed by atoms with van der Waals surface area (Å²) in [6.45, 7) is 1.81. The molecule has 8 heteroatoms. The SMILES string of the molecule is C[C@@H](Sc1nnc(-c2ccncc2)n1C)C(=O)Nc1ccc(C#N)cc1. The number of hydrogen-bond donors (Lipinski definition) is 1. The van der Waals surface area contributed by atoms with Gasteiger partial charge < -0.3 is 9.88 Å². The number of aromatic nitrogens is 4. The van der Waals surface area contributed by atoms with Crippen LogP contribution in [0.15, 0.2) is 53.9 Å². The van der Waals surface area contributed by atoms with Gasteiger partial charge >= 0.3 is 0 Å². The van der Waals surface area contributed by atoms with Gasteiger partial charge in [-0.05, 0) is 43.3 Å². The van der Waals surface area contributed by atoms with Crippen molar-refractivity contribution < 1.29 is 4.79 Å². The van der Waals surface area contributed by atoms with Gasteiger partial charge in [-0.25, -0.2) is 0 Å². The van der Waals surface area contributed by atoms with Crippen molar-refractivity contribution in [2.45, 2.75) is 17.3 Å². The molecule has 1 aromatic carbocycles. The van der Waals surface area contributed by atoms with E-state index in [1.807, 2.05) is 36.7 Å². The summed E-state index contributed by atoms with van der Waals surface area (Å²) < 4.78 is 1.85. The van der Waals surface area contributed by atoms with E-state index < -0.39 is 0 Å². The quantitative estimate of drug-likeness (QED) is 0.699. The molecule has 0 saturated carbocycles. The molecule has 2 aromatic heterocycles. The van der Waals surface area contributed by atoms with Crippen LogP contribution in [0.2, 0.25) is 0 Å². The Kier molecular flexibility index (Phi) is 5.29. The average molecular weight is 364 g/mol. The van der Waals surface area contributed by atoms with Crippen LogP contribution in [-0.4, -0.2) is 30.9 Å². The molecule has 26 heavy (non-hydrogen) atoms. The lowest BCUT2D eigenvalue weighted by atomic mass is 10.2. The molecule has 0 fully saturated rings. The number of amides is 1. The van der Waals surface area contributed by atoms with Crippen LogP contribution in [0.25, 0.3) is 11.4 Å². The minimum atomic E-state index is -0.362. The number of carbonyl (C=O) groups is 1. The summed E-state index contributed by atoms with van der Waals surface area (Å²) in [6.07, 6.45) is 3.40. The molecular formula is C18H16N6OS. The van der Waals surface area contributed by atoms with Crippen LogP contribution in [0.5, 0.6) is 0 Å². The summed E-state index contributed by atoms with van der Waals surface area (Å²) in [6, 6.07) is 12.5. The summed E-state index contributed by atoms with van der Waals surface area (Å²) in [5, 5.41) is 20.3. The van der Waals surface area contributed by atoms with Gasteiger partial charge in [0.15, 0.2) is 11.0 Å². The van der Waals surface area contributed by atoms with Crippen molar-refractivity contribution in [3.05, 3.63) is 54.4 Å². The molecule has 2 heterocycles. The van der Waals surface area contributed by atoms with E-state index in [4.69, 9.17) is 5.26 Å². The number of nitrogens with one attached hydrogen (secondary N) is 1. The first kappa shape index (κ1) is 17.6. The lowest BCUT2D eigenvalue weighted by Crippen LogP contribution is -2.22. The molecule has 0 radical (unpaired) electrons. The summed E-state index contributed by atoms with van der Waals surface area (Å²) in [7, 11) is 1.86. The number of pyridine rings is 1. The van der Waals surface area contributed by atoms with Crippen molar-refractivity contribution in [3.63, 3.8) is 0 Å². The molecule has 0 saturated heterocycles. The number of nitriles is 1. The van der Waals surface area contributed by atoms with Gasteiger partial charge in [0.25, 0.3) is 0 Å². The highest BCUT2D eigenvalue weighted by Gasteiger charge is 2.19. The molecule has 0 unspecified atom stereocenters. The van der Waals surface area contributed by atoms with Crippen LogP contribution in [0.1, 0.15) is 12.5 Å². The number of nitrogens with zero attached hydrogens (tertiary/aromatic N) is 5. The third-order valence-corrected chi connectivity index (χ3v) is 4.84. The van der Waals surface area contributed by atoms with Crippen LogP contribution in [0, 0.1) is 11.3 Å². The summed E-state index contributed by atoms with van der Waals surface area (Å²) in [5.74, 6) is 0.572. The third-order valence-electron chi connectivity index (χ3n) is 3.71. The van der Waals surface area contributed by atoms with Gasteiger partial charge in [0.2, 0.25) is 5.91 Å². The molecule has 3 rings (SSSR count). The molecule has 0 aliphatic heterocycles. The van der Waals surface area contributed by atoms with E-state index >= 15 is 0 Å². The predicted octanol–water partition coefficient (Wildman–Crippen LogP) is 2.87. The second kappa shape index (κ2) is 7.80. The van der Waals surface area contributed by atoms with E-state index in [2.05, 4.69) is 20.5 Å².